The number of benzene rings is 1. The highest BCUT2D eigenvalue weighted by Gasteiger charge is 2.29. The van der Waals surface area contributed by atoms with Crippen molar-refractivity contribution < 1.29 is 15.0 Å². The predicted octanol–water partition coefficient (Wildman–Crippen LogP) is 1.28. The highest BCUT2D eigenvalue weighted by Crippen LogP contribution is 2.39. The lowest BCUT2D eigenvalue weighted by atomic mass is 10.0. The summed E-state index contributed by atoms with van der Waals surface area (Å²) < 4.78 is 0. The molecule has 1 aliphatic rings. The van der Waals surface area contributed by atoms with Gasteiger partial charge in [-0.25, -0.2) is 0 Å². The number of hydrogen-bond acceptors (Lipinski definition) is 6. The normalized spacial score (nSPS) is 17.4. The molecule has 18 heavy (non-hydrogen) atoms. The van der Waals surface area contributed by atoms with Crippen LogP contribution in [0.2, 0.25) is 0 Å². The molecule has 0 fully saturated rings. The summed E-state index contributed by atoms with van der Waals surface area (Å²) in [5, 5.41) is 31.2. The van der Waals surface area contributed by atoms with Gasteiger partial charge in [-0.2, -0.15) is 0 Å². The summed E-state index contributed by atoms with van der Waals surface area (Å²) in [4.78, 5) is 21.6. The molecule has 0 spiro atoms. The van der Waals surface area contributed by atoms with Crippen molar-refractivity contribution in [1.29, 1.82) is 0 Å². The Morgan fingerprint density at radius 1 is 1.28 bits per heavy atom. The fourth-order valence-corrected chi connectivity index (χ4v) is 1.83. The molecule has 0 amide bonds. The zero-order chi connectivity index (χ0) is 13.4. The third-order valence-corrected chi connectivity index (χ3v) is 2.71. The first-order valence-corrected chi connectivity index (χ1v) is 4.97. The molecule has 94 valence electrons. The van der Waals surface area contributed by atoms with Crippen molar-refractivity contribution in [3.05, 3.63) is 44.0 Å². The van der Waals surface area contributed by atoms with E-state index in [9.17, 15) is 25.3 Å². The van der Waals surface area contributed by atoms with Gasteiger partial charge in [0.2, 0.25) is 0 Å². The maximum atomic E-state index is 11.0. The van der Waals surface area contributed by atoms with Gasteiger partial charge < -0.3 is 10.0 Å². The molecule has 8 heteroatoms. The van der Waals surface area contributed by atoms with E-state index in [4.69, 9.17) is 0 Å². The van der Waals surface area contributed by atoms with Crippen LogP contribution in [-0.4, -0.2) is 28.2 Å². The van der Waals surface area contributed by atoms with Gasteiger partial charge >= 0.3 is 0 Å². The lowest BCUT2D eigenvalue weighted by Gasteiger charge is -2.27. The molecule has 0 radical (unpaired) electrons. The molecule has 0 bridgehead atoms. The molecule has 1 aliphatic heterocycles. The molecule has 0 saturated carbocycles. The van der Waals surface area contributed by atoms with E-state index in [-0.39, 0.29) is 11.4 Å². The van der Waals surface area contributed by atoms with Crippen molar-refractivity contribution in [2.75, 3.05) is 11.9 Å². The van der Waals surface area contributed by atoms with Crippen LogP contribution in [0.25, 0.3) is 6.08 Å². The Hall–Kier alpha value is -2.48. The van der Waals surface area contributed by atoms with Crippen LogP contribution in [0.1, 0.15) is 5.56 Å². The van der Waals surface area contributed by atoms with Crippen molar-refractivity contribution >= 4 is 23.1 Å². The topological polar surface area (TPSA) is 110 Å². The third-order valence-electron chi connectivity index (χ3n) is 2.71. The fourth-order valence-electron chi connectivity index (χ4n) is 1.83. The van der Waals surface area contributed by atoms with Crippen LogP contribution < -0.4 is 4.90 Å². The molecule has 1 aromatic rings. The van der Waals surface area contributed by atoms with Gasteiger partial charge in [-0.3, -0.25) is 20.2 Å². The second-order valence-electron chi connectivity index (χ2n) is 3.80. The minimum atomic E-state index is -0.988. The van der Waals surface area contributed by atoms with Crippen LogP contribution in [-0.2, 0) is 0 Å². The van der Waals surface area contributed by atoms with E-state index in [0.29, 0.717) is 5.56 Å². The van der Waals surface area contributed by atoms with E-state index < -0.39 is 21.8 Å². The lowest BCUT2D eigenvalue weighted by molar-refractivity contribution is -0.393. The van der Waals surface area contributed by atoms with E-state index in [1.807, 2.05) is 0 Å². The molecular formula is C10H9N3O5. The third kappa shape index (κ3) is 1.78. The number of non-ortho nitro benzene ring substituents is 1. The Bertz CT molecular complexity index is 569. The zero-order valence-corrected chi connectivity index (χ0v) is 9.31. The van der Waals surface area contributed by atoms with Crippen molar-refractivity contribution in [1.82, 2.24) is 0 Å². The van der Waals surface area contributed by atoms with Crippen LogP contribution in [0.15, 0.2) is 18.2 Å². The number of anilines is 1. The number of nitro groups is 2. The van der Waals surface area contributed by atoms with Crippen molar-refractivity contribution in [3.8, 4) is 0 Å². The number of aliphatic hydroxyl groups is 1. The molecule has 1 aromatic carbocycles. The smallest absolute Gasteiger partial charge is 0.300 e. The number of hydrogen-bond donors (Lipinski definition) is 1. The first kappa shape index (κ1) is 12.0. The van der Waals surface area contributed by atoms with Crippen LogP contribution in [0.4, 0.5) is 17.1 Å². The monoisotopic (exact) mass is 251 g/mol. The van der Waals surface area contributed by atoms with Gasteiger partial charge in [-0.05, 0) is 6.08 Å². The fraction of sp³-hybridized carbons (Fsp3) is 0.200. The quantitative estimate of drug-likeness (QED) is 0.626. The molecule has 1 atom stereocenters. The Morgan fingerprint density at radius 3 is 2.50 bits per heavy atom. The summed E-state index contributed by atoms with van der Waals surface area (Å²) in [5.41, 5.74) is -0.246. The summed E-state index contributed by atoms with van der Waals surface area (Å²) in [7, 11) is 1.48. The summed E-state index contributed by atoms with van der Waals surface area (Å²) >= 11 is 0. The summed E-state index contributed by atoms with van der Waals surface area (Å²) in [6, 6.07) is 2.13. The van der Waals surface area contributed by atoms with Crippen molar-refractivity contribution in [3.63, 3.8) is 0 Å². The van der Waals surface area contributed by atoms with Crippen molar-refractivity contribution in [2.45, 2.75) is 6.23 Å². The Balaban J connectivity index is 2.72. The molecule has 1 heterocycles. The van der Waals surface area contributed by atoms with Gasteiger partial charge in [-0.15, -0.1) is 0 Å². The number of nitro benzene ring substituents is 2. The summed E-state index contributed by atoms with van der Waals surface area (Å²) in [6.45, 7) is 0. The Labute approximate surface area is 101 Å². The highest BCUT2D eigenvalue weighted by atomic mass is 16.6. The van der Waals surface area contributed by atoms with Gasteiger partial charge in [-0.1, -0.05) is 6.08 Å². The minimum Gasteiger partial charge on any atom is -0.370 e. The second kappa shape index (κ2) is 4.08. The molecular weight excluding hydrogens is 242 g/mol. The zero-order valence-electron chi connectivity index (χ0n) is 9.31. The van der Waals surface area contributed by atoms with E-state index in [1.54, 1.807) is 0 Å². The Kier molecular flexibility index (Phi) is 2.71. The van der Waals surface area contributed by atoms with E-state index >= 15 is 0 Å². The molecule has 0 aliphatic carbocycles. The molecule has 0 unspecified atom stereocenters. The van der Waals surface area contributed by atoms with E-state index in [1.165, 1.54) is 30.2 Å². The first-order chi connectivity index (χ1) is 8.41. The number of rotatable bonds is 2. The van der Waals surface area contributed by atoms with Crippen LogP contribution in [0.3, 0.4) is 0 Å². The summed E-state index contributed by atoms with van der Waals surface area (Å²) in [5.74, 6) is 0. The van der Waals surface area contributed by atoms with Gasteiger partial charge in [0.15, 0.2) is 0 Å². The van der Waals surface area contributed by atoms with E-state index in [2.05, 4.69) is 0 Å². The lowest BCUT2D eigenvalue weighted by Crippen LogP contribution is -2.32. The number of likely N-dealkylation sites (N-methyl/N-ethyl adjacent to an activating group) is 1. The summed E-state index contributed by atoms with van der Waals surface area (Å²) in [6.07, 6.45) is 1.84. The average molecular weight is 251 g/mol. The first-order valence-electron chi connectivity index (χ1n) is 4.97. The molecule has 1 N–H and O–H groups in total. The predicted molar refractivity (Wildman–Crippen MR) is 63.2 cm³/mol. The average Bonchev–Trinajstić information content (AvgIpc) is 2.32. The van der Waals surface area contributed by atoms with Gasteiger partial charge in [0.25, 0.3) is 11.4 Å². The standard InChI is InChI=1S/C10H9N3O5/c1-11-9(14)3-2-6-4-7(12(15)16)5-8(10(6)11)13(17)18/h2-5,9,14H,1H3/t9-/m0/s1. The molecule has 0 aromatic heterocycles. The maximum absolute atomic E-state index is 11.0. The second-order valence-corrected chi connectivity index (χ2v) is 3.80. The number of aliphatic hydroxyl groups excluding tert-OH is 1. The molecule has 8 nitrogen and oxygen atoms in total. The number of nitrogens with zero attached hydrogens (tertiary/aromatic N) is 3. The number of fused-ring (bicyclic) bond motifs is 1. The van der Waals surface area contributed by atoms with Gasteiger partial charge in [0.05, 0.1) is 15.9 Å². The largest absolute Gasteiger partial charge is 0.370 e. The SMILES string of the molecule is CN1c2c(cc([N+](=O)[O-])cc2[N+](=O)[O-])C=C[C@@H]1O. The highest BCUT2D eigenvalue weighted by molar-refractivity contribution is 5.81. The van der Waals surface area contributed by atoms with Crippen LogP contribution in [0, 0.1) is 20.2 Å². The van der Waals surface area contributed by atoms with Gasteiger partial charge in [0.1, 0.15) is 11.9 Å². The van der Waals surface area contributed by atoms with E-state index in [0.717, 1.165) is 6.07 Å². The maximum Gasteiger partial charge on any atom is 0.300 e. The van der Waals surface area contributed by atoms with Crippen molar-refractivity contribution in [2.24, 2.45) is 0 Å². The molecule has 2 rings (SSSR count). The Morgan fingerprint density at radius 2 is 1.94 bits per heavy atom. The van der Waals surface area contributed by atoms with Crippen LogP contribution >= 0.6 is 0 Å². The van der Waals surface area contributed by atoms with Gasteiger partial charge in [0, 0.05) is 18.7 Å². The minimum absolute atomic E-state index is 0.167. The molecule has 0 saturated heterocycles. The van der Waals surface area contributed by atoms with Crippen LogP contribution in [0.5, 0.6) is 0 Å².